The van der Waals surface area contributed by atoms with Gasteiger partial charge in [0.2, 0.25) is 0 Å². The Hall–Kier alpha value is -0.0800. The SMILES string of the molecule is CCCC(C)N1CC(C)(O)C1. The summed E-state index contributed by atoms with van der Waals surface area (Å²) in [6, 6.07) is 0.653. The van der Waals surface area contributed by atoms with Crippen LogP contribution in [0.25, 0.3) is 0 Å². The lowest BCUT2D eigenvalue weighted by atomic mass is 9.94. The Balaban J connectivity index is 2.21. The second kappa shape index (κ2) is 3.11. The van der Waals surface area contributed by atoms with Crippen molar-refractivity contribution >= 4 is 0 Å². The van der Waals surface area contributed by atoms with E-state index < -0.39 is 5.60 Å². The monoisotopic (exact) mass is 157 g/mol. The van der Waals surface area contributed by atoms with Crippen LogP contribution in [0, 0.1) is 0 Å². The minimum absolute atomic E-state index is 0.401. The fraction of sp³-hybridized carbons (Fsp3) is 1.00. The maximum atomic E-state index is 9.46. The molecule has 0 aliphatic carbocycles. The lowest BCUT2D eigenvalue weighted by Crippen LogP contribution is -2.62. The number of rotatable bonds is 3. The molecule has 0 amide bonds. The highest BCUT2D eigenvalue weighted by Gasteiger charge is 2.38. The zero-order valence-electron chi connectivity index (χ0n) is 7.80. The Morgan fingerprint density at radius 3 is 2.45 bits per heavy atom. The molecule has 1 saturated heterocycles. The second-order valence-corrected chi connectivity index (χ2v) is 4.04. The molecule has 0 bridgehead atoms. The summed E-state index contributed by atoms with van der Waals surface area (Å²) in [7, 11) is 0. The van der Waals surface area contributed by atoms with Crippen LogP contribution < -0.4 is 0 Å². The third kappa shape index (κ3) is 2.17. The maximum absolute atomic E-state index is 9.46. The largest absolute Gasteiger partial charge is 0.388 e. The van der Waals surface area contributed by atoms with Crippen molar-refractivity contribution in [2.75, 3.05) is 13.1 Å². The molecule has 1 atom stereocenters. The molecule has 11 heavy (non-hydrogen) atoms. The Bertz CT molecular complexity index is 126. The molecule has 2 nitrogen and oxygen atoms in total. The van der Waals surface area contributed by atoms with E-state index in [1.165, 1.54) is 12.8 Å². The van der Waals surface area contributed by atoms with Crippen LogP contribution in [0.5, 0.6) is 0 Å². The van der Waals surface area contributed by atoms with Gasteiger partial charge in [0, 0.05) is 19.1 Å². The highest BCUT2D eigenvalue weighted by atomic mass is 16.3. The summed E-state index contributed by atoms with van der Waals surface area (Å²) in [5, 5.41) is 9.46. The summed E-state index contributed by atoms with van der Waals surface area (Å²) in [5.41, 5.74) is -0.401. The van der Waals surface area contributed by atoms with Crippen LogP contribution >= 0.6 is 0 Å². The average molecular weight is 157 g/mol. The first kappa shape index (κ1) is 9.01. The van der Waals surface area contributed by atoms with Gasteiger partial charge >= 0.3 is 0 Å². The van der Waals surface area contributed by atoms with Crippen LogP contribution in [0.4, 0.5) is 0 Å². The van der Waals surface area contributed by atoms with Crippen molar-refractivity contribution in [1.29, 1.82) is 0 Å². The molecule has 66 valence electrons. The number of nitrogens with zero attached hydrogens (tertiary/aromatic N) is 1. The normalized spacial score (nSPS) is 26.2. The molecule has 1 unspecified atom stereocenters. The van der Waals surface area contributed by atoms with Crippen LogP contribution in [-0.4, -0.2) is 34.7 Å². The van der Waals surface area contributed by atoms with Crippen LogP contribution in [0.1, 0.15) is 33.6 Å². The maximum Gasteiger partial charge on any atom is 0.0872 e. The van der Waals surface area contributed by atoms with Gasteiger partial charge < -0.3 is 5.11 Å². The Kier molecular flexibility index (Phi) is 2.55. The number of likely N-dealkylation sites (tertiary alicyclic amines) is 1. The molecule has 1 aliphatic rings. The molecular weight excluding hydrogens is 138 g/mol. The molecule has 0 aromatic carbocycles. The predicted molar refractivity (Wildman–Crippen MR) is 46.6 cm³/mol. The van der Waals surface area contributed by atoms with Crippen molar-refractivity contribution in [3.63, 3.8) is 0 Å². The quantitative estimate of drug-likeness (QED) is 0.666. The van der Waals surface area contributed by atoms with E-state index >= 15 is 0 Å². The third-order valence-corrected chi connectivity index (χ3v) is 2.42. The Labute approximate surface area is 69.2 Å². The number of β-amino-alcohol motifs (C(OH)–C–C–N with tert-alkyl or cyclic N) is 1. The van der Waals surface area contributed by atoms with Gasteiger partial charge in [-0.15, -0.1) is 0 Å². The zero-order chi connectivity index (χ0) is 8.48. The van der Waals surface area contributed by atoms with Gasteiger partial charge in [-0.2, -0.15) is 0 Å². The Morgan fingerprint density at radius 1 is 1.55 bits per heavy atom. The molecule has 1 N–H and O–H groups in total. The first-order valence-electron chi connectivity index (χ1n) is 4.51. The Morgan fingerprint density at radius 2 is 2.09 bits per heavy atom. The van der Waals surface area contributed by atoms with Gasteiger partial charge in [0.05, 0.1) is 5.60 Å². The van der Waals surface area contributed by atoms with E-state index in [9.17, 15) is 5.11 Å². The lowest BCUT2D eigenvalue weighted by Gasteiger charge is -2.47. The lowest BCUT2D eigenvalue weighted by molar-refractivity contribution is -0.100. The third-order valence-electron chi connectivity index (χ3n) is 2.42. The fourth-order valence-electron chi connectivity index (χ4n) is 1.74. The minimum Gasteiger partial charge on any atom is -0.388 e. The van der Waals surface area contributed by atoms with Crippen LogP contribution in [0.2, 0.25) is 0 Å². The van der Waals surface area contributed by atoms with Gasteiger partial charge in [-0.05, 0) is 20.3 Å². The molecule has 0 aromatic heterocycles. The molecule has 0 radical (unpaired) electrons. The van der Waals surface area contributed by atoms with E-state index in [-0.39, 0.29) is 0 Å². The first-order chi connectivity index (χ1) is 5.05. The van der Waals surface area contributed by atoms with Crippen molar-refractivity contribution in [3.8, 4) is 0 Å². The van der Waals surface area contributed by atoms with Gasteiger partial charge in [-0.1, -0.05) is 13.3 Å². The molecule has 1 fully saturated rings. The van der Waals surface area contributed by atoms with Gasteiger partial charge in [0.1, 0.15) is 0 Å². The van der Waals surface area contributed by atoms with Crippen molar-refractivity contribution < 1.29 is 5.11 Å². The topological polar surface area (TPSA) is 23.5 Å². The molecule has 2 heteroatoms. The minimum atomic E-state index is -0.401. The zero-order valence-corrected chi connectivity index (χ0v) is 7.80. The van der Waals surface area contributed by atoms with Crippen molar-refractivity contribution in [2.45, 2.75) is 45.3 Å². The van der Waals surface area contributed by atoms with Gasteiger partial charge in [0.15, 0.2) is 0 Å². The van der Waals surface area contributed by atoms with E-state index in [1.807, 2.05) is 6.92 Å². The molecule has 1 rings (SSSR count). The van der Waals surface area contributed by atoms with Crippen molar-refractivity contribution in [3.05, 3.63) is 0 Å². The first-order valence-corrected chi connectivity index (χ1v) is 4.51. The predicted octanol–water partition coefficient (Wildman–Crippen LogP) is 1.24. The van der Waals surface area contributed by atoms with E-state index in [1.54, 1.807) is 0 Å². The van der Waals surface area contributed by atoms with E-state index in [0.717, 1.165) is 13.1 Å². The molecule has 0 aromatic rings. The summed E-state index contributed by atoms with van der Waals surface area (Å²) in [6.45, 7) is 8.05. The van der Waals surface area contributed by atoms with Crippen molar-refractivity contribution in [2.24, 2.45) is 0 Å². The summed E-state index contributed by atoms with van der Waals surface area (Å²) >= 11 is 0. The number of aliphatic hydroxyl groups is 1. The number of hydrogen-bond donors (Lipinski definition) is 1. The van der Waals surface area contributed by atoms with Gasteiger partial charge in [0.25, 0.3) is 0 Å². The number of hydrogen-bond acceptors (Lipinski definition) is 2. The fourth-order valence-corrected chi connectivity index (χ4v) is 1.74. The molecule has 0 saturated carbocycles. The summed E-state index contributed by atoms with van der Waals surface area (Å²) in [5.74, 6) is 0. The standard InChI is InChI=1S/C9H19NO/c1-4-5-8(2)10-6-9(3,11)7-10/h8,11H,4-7H2,1-3H3. The van der Waals surface area contributed by atoms with E-state index in [0.29, 0.717) is 6.04 Å². The molecule has 0 spiro atoms. The highest BCUT2D eigenvalue weighted by Crippen LogP contribution is 2.23. The van der Waals surface area contributed by atoms with Gasteiger partial charge in [-0.3, -0.25) is 4.90 Å². The van der Waals surface area contributed by atoms with Gasteiger partial charge in [-0.25, -0.2) is 0 Å². The molecular formula is C9H19NO. The summed E-state index contributed by atoms with van der Waals surface area (Å²) in [4.78, 5) is 2.34. The smallest absolute Gasteiger partial charge is 0.0872 e. The molecule has 1 aliphatic heterocycles. The second-order valence-electron chi connectivity index (χ2n) is 4.04. The van der Waals surface area contributed by atoms with Crippen LogP contribution in [0.15, 0.2) is 0 Å². The van der Waals surface area contributed by atoms with E-state index in [2.05, 4.69) is 18.7 Å². The van der Waals surface area contributed by atoms with Crippen LogP contribution in [-0.2, 0) is 0 Å². The summed E-state index contributed by atoms with van der Waals surface area (Å²) in [6.07, 6.45) is 2.48. The van der Waals surface area contributed by atoms with Crippen LogP contribution in [0.3, 0.4) is 0 Å². The molecule has 1 heterocycles. The summed E-state index contributed by atoms with van der Waals surface area (Å²) < 4.78 is 0. The highest BCUT2D eigenvalue weighted by molar-refractivity contribution is 4.93. The van der Waals surface area contributed by atoms with E-state index in [4.69, 9.17) is 0 Å². The van der Waals surface area contributed by atoms with Crippen molar-refractivity contribution in [1.82, 2.24) is 4.90 Å². The average Bonchev–Trinajstić information content (AvgIpc) is 1.83.